The molecule has 0 aromatic heterocycles. The summed E-state index contributed by atoms with van der Waals surface area (Å²) in [5.74, 6) is -1.39. The molecule has 0 radical (unpaired) electrons. The fourth-order valence-electron chi connectivity index (χ4n) is 0.945. The van der Waals surface area contributed by atoms with Gasteiger partial charge < -0.3 is 5.11 Å². The molecule has 1 aromatic carbocycles. The van der Waals surface area contributed by atoms with Crippen molar-refractivity contribution in [3.05, 3.63) is 36.8 Å². The molecule has 0 bridgehead atoms. The molecule has 2 nitrogen and oxygen atoms in total. The molecule has 0 saturated heterocycles. The summed E-state index contributed by atoms with van der Waals surface area (Å²) in [6.07, 6.45) is 0. The van der Waals surface area contributed by atoms with E-state index in [1.54, 1.807) is 0 Å². The number of carboxylic acid groups (broad SMARTS) is 1. The Morgan fingerprint density at radius 3 is 2.00 bits per heavy atom. The van der Waals surface area contributed by atoms with E-state index in [0.29, 0.717) is 0 Å². The third kappa shape index (κ3) is 3.14. The van der Waals surface area contributed by atoms with Crippen LogP contribution in [0.4, 0.5) is 0 Å². The summed E-state index contributed by atoms with van der Waals surface area (Å²) in [5.41, 5.74) is 0.0973. The molecule has 0 saturated carbocycles. The highest BCUT2D eigenvalue weighted by Gasteiger charge is 2.19. The maximum absolute atomic E-state index is 10.7. The molecule has 0 unspecified atom stereocenters. The van der Waals surface area contributed by atoms with Crippen molar-refractivity contribution >= 4 is 80.6 Å². The summed E-state index contributed by atoms with van der Waals surface area (Å²) in [4.78, 5) is 10.7. The number of benzene rings is 1. The van der Waals surface area contributed by atoms with Gasteiger partial charge in [-0.25, -0.2) is 4.79 Å². The highest BCUT2D eigenvalue weighted by Crippen LogP contribution is 2.42. The minimum atomic E-state index is -1.39. The van der Waals surface area contributed by atoms with Gasteiger partial charge >= 0.3 is 5.97 Å². The molecule has 0 amide bonds. The van der Waals surface area contributed by atoms with Gasteiger partial charge in [0, 0.05) is 5.56 Å². The van der Waals surface area contributed by atoms with Crippen LogP contribution in [0.1, 0.15) is 5.56 Å². The monoisotopic (exact) mass is 352 g/mol. The Kier molecular flexibility index (Phi) is 5.26. The molecule has 1 N–H and O–H groups in total. The highest BCUT2D eigenvalue weighted by atomic mass is 35.5. The molecule has 17 heavy (non-hydrogen) atoms. The van der Waals surface area contributed by atoms with Gasteiger partial charge in [0.05, 0.1) is 25.1 Å². The molecule has 92 valence electrons. The molecular formula is C9H2Cl6O2. The van der Waals surface area contributed by atoms with E-state index in [1.165, 1.54) is 6.07 Å². The number of carbonyl (C=O) groups is 1. The first-order chi connectivity index (χ1) is 7.77. The van der Waals surface area contributed by atoms with Crippen LogP contribution in [0.25, 0.3) is 5.03 Å². The van der Waals surface area contributed by atoms with E-state index in [-0.39, 0.29) is 30.7 Å². The Bertz CT molecular complexity index is 523. The van der Waals surface area contributed by atoms with Gasteiger partial charge in [-0.05, 0) is 6.07 Å². The number of aliphatic carboxylic acids is 1. The molecule has 0 atom stereocenters. The lowest BCUT2D eigenvalue weighted by Crippen LogP contribution is -1.96. The smallest absolute Gasteiger partial charge is 0.348 e. The third-order valence-corrected chi connectivity index (χ3v) is 4.31. The van der Waals surface area contributed by atoms with E-state index in [1.807, 2.05) is 0 Å². The summed E-state index contributed by atoms with van der Waals surface area (Å²) >= 11 is 34.4. The number of rotatable bonds is 2. The van der Waals surface area contributed by atoms with Gasteiger partial charge in [-0.2, -0.15) is 0 Å². The van der Waals surface area contributed by atoms with Crippen LogP contribution in [0.5, 0.6) is 0 Å². The predicted molar refractivity (Wildman–Crippen MR) is 72.7 cm³/mol. The first-order valence-electron chi connectivity index (χ1n) is 3.89. The standard InChI is InChI=1S/C9H2Cl6O2/c10-3-1-2(4(11)7(14)6(3)13)5(12)8(15)9(16)17/h1H,(H,16,17). The first kappa shape index (κ1) is 15.2. The van der Waals surface area contributed by atoms with Gasteiger partial charge in [0.1, 0.15) is 5.03 Å². The first-order valence-corrected chi connectivity index (χ1v) is 6.16. The van der Waals surface area contributed by atoms with Gasteiger partial charge in [0.2, 0.25) is 0 Å². The number of hydrogen-bond acceptors (Lipinski definition) is 1. The van der Waals surface area contributed by atoms with Crippen molar-refractivity contribution in [2.75, 3.05) is 0 Å². The van der Waals surface area contributed by atoms with Crippen LogP contribution in [0, 0.1) is 0 Å². The summed E-state index contributed by atoms with van der Waals surface area (Å²) in [5, 5.41) is 7.91. The molecule has 0 aliphatic rings. The fourth-order valence-corrected chi connectivity index (χ4v) is 2.22. The molecule has 1 aromatic rings. The second-order valence-corrected chi connectivity index (χ2v) is 5.08. The molecular weight excluding hydrogens is 353 g/mol. The van der Waals surface area contributed by atoms with E-state index < -0.39 is 11.0 Å². The lowest BCUT2D eigenvalue weighted by atomic mass is 10.2. The van der Waals surface area contributed by atoms with E-state index in [9.17, 15) is 4.79 Å². The zero-order valence-corrected chi connectivity index (χ0v) is 12.2. The lowest BCUT2D eigenvalue weighted by Gasteiger charge is -2.08. The Morgan fingerprint density at radius 2 is 1.53 bits per heavy atom. The van der Waals surface area contributed by atoms with Crippen LogP contribution in [-0.4, -0.2) is 11.1 Å². The summed E-state index contributed by atoms with van der Waals surface area (Å²) in [7, 11) is 0. The SMILES string of the molecule is O=C(O)C(Cl)=C(Cl)c1cc(Cl)c(Cl)c(Cl)c1Cl. The fraction of sp³-hybridized carbons (Fsp3) is 0. The Morgan fingerprint density at radius 1 is 1.00 bits per heavy atom. The van der Waals surface area contributed by atoms with E-state index in [4.69, 9.17) is 74.7 Å². The van der Waals surface area contributed by atoms with Crippen molar-refractivity contribution in [2.24, 2.45) is 0 Å². The Balaban J connectivity index is 3.54. The van der Waals surface area contributed by atoms with Crippen molar-refractivity contribution in [3.63, 3.8) is 0 Å². The van der Waals surface area contributed by atoms with Crippen molar-refractivity contribution in [1.29, 1.82) is 0 Å². The highest BCUT2D eigenvalue weighted by molar-refractivity contribution is 6.61. The summed E-state index contributed by atoms with van der Waals surface area (Å²) < 4.78 is 0. The van der Waals surface area contributed by atoms with Crippen molar-refractivity contribution in [1.82, 2.24) is 0 Å². The van der Waals surface area contributed by atoms with Crippen LogP contribution in [0.15, 0.2) is 11.1 Å². The van der Waals surface area contributed by atoms with Crippen molar-refractivity contribution in [3.8, 4) is 0 Å². The molecule has 0 heterocycles. The molecule has 0 spiro atoms. The van der Waals surface area contributed by atoms with Gasteiger partial charge in [-0.1, -0.05) is 69.6 Å². The van der Waals surface area contributed by atoms with E-state index in [2.05, 4.69) is 0 Å². The minimum absolute atomic E-state index is 0.0227. The van der Waals surface area contributed by atoms with Crippen LogP contribution < -0.4 is 0 Å². The van der Waals surface area contributed by atoms with E-state index >= 15 is 0 Å². The Labute approximate surface area is 127 Å². The van der Waals surface area contributed by atoms with Gasteiger partial charge in [-0.15, -0.1) is 0 Å². The number of halogens is 6. The second kappa shape index (κ2) is 5.87. The van der Waals surface area contributed by atoms with E-state index in [0.717, 1.165) is 0 Å². The maximum atomic E-state index is 10.7. The van der Waals surface area contributed by atoms with Crippen LogP contribution >= 0.6 is 69.6 Å². The zero-order valence-electron chi connectivity index (χ0n) is 7.70. The average molecular weight is 355 g/mol. The number of hydrogen-bond donors (Lipinski definition) is 1. The average Bonchev–Trinajstić information content (AvgIpc) is 2.29. The maximum Gasteiger partial charge on any atom is 0.348 e. The summed E-state index contributed by atoms with van der Waals surface area (Å²) in [6, 6.07) is 1.28. The molecule has 8 heteroatoms. The van der Waals surface area contributed by atoms with Crippen LogP contribution in [-0.2, 0) is 4.79 Å². The van der Waals surface area contributed by atoms with Gasteiger partial charge in [0.25, 0.3) is 0 Å². The normalized spacial score (nSPS) is 12.4. The predicted octanol–water partition coefficient (Wildman–Crippen LogP) is 5.53. The van der Waals surface area contributed by atoms with Crippen LogP contribution in [0.2, 0.25) is 20.1 Å². The largest absolute Gasteiger partial charge is 0.477 e. The molecule has 0 fully saturated rings. The van der Waals surface area contributed by atoms with Crippen LogP contribution in [0.3, 0.4) is 0 Å². The Hall–Kier alpha value is 0.170. The lowest BCUT2D eigenvalue weighted by molar-refractivity contribution is -0.131. The molecule has 1 rings (SSSR count). The van der Waals surface area contributed by atoms with Gasteiger partial charge in [0.15, 0.2) is 0 Å². The quantitative estimate of drug-likeness (QED) is 0.430. The topological polar surface area (TPSA) is 37.3 Å². The minimum Gasteiger partial charge on any atom is -0.477 e. The number of carboxylic acids is 1. The van der Waals surface area contributed by atoms with Gasteiger partial charge in [-0.3, -0.25) is 0 Å². The molecule has 0 aliphatic heterocycles. The second-order valence-electron chi connectivity index (χ2n) is 2.78. The summed E-state index contributed by atoms with van der Waals surface area (Å²) in [6.45, 7) is 0. The molecule has 0 aliphatic carbocycles. The van der Waals surface area contributed by atoms with Crippen molar-refractivity contribution in [2.45, 2.75) is 0 Å². The zero-order chi connectivity index (χ0) is 13.3. The third-order valence-electron chi connectivity index (χ3n) is 1.72. The van der Waals surface area contributed by atoms with Crippen molar-refractivity contribution < 1.29 is 9.90 Å².